The maximum Gasteiger partial charge on any atom is 0.161 e. The number of hydrogen-bond acceptors (Lipinski definition) is 4. The fourth-order valence-corrected chi connectivity index (χ4v) is 3.01. The molecular formula is C16H24N2O2. The van der Waals surface area contributed by atoms with E-state index in [0.717, 1.165) is 24.6 Å². The number of rotatable bonds is 3. The van der Waals surface area contributed by atoms with E-state index < -0.39 is 0 Å². The molecule has 2 aliphatic heterocycles. The van der Waals surface area contributed by atoms with Gasteiger partial charge in [0.25, 0.3) is 0 Å². The quantitative estimate of drug-likeness (QED) is 0.887. The van der Waals surface area contributed by atoms with Crippen LogP contribution in [0.4, 0.5) is 0 Å². The molecule has 3 atom stereocenters. The van der Waals surface area contributed by atoms with Gasteiger partial charge in [0.1, 0.15) is 13.2 Å². The summed E-state index contributed by atoms with van der Waals surface area (Å²) in [6, 6.07) is 7.18. The Balaban J connectivity index is 1.68. The lowest BCUT2D eigenvalue weighted by Gasteiger charge is -2.33. The van der Waals surface area contributed by atoms with E-state index >= 15 is 0 Å². The minimum absolute atomic E-state index is 0.330. The fraction of sp³-hybridized carbons (Fsp3) is 0.625. The highest BCUT2D eigenvalue weighted by Crippen LogP contribution is 2.32. The minimum atomic E-state index is 0.330. The van der Waals surface area contributed by atoms with Crippen LogP contribution in [0.15, 0.2) is 18.2 Å². The first-order valence-electron chi connectivity index (χ1n) is 7.60. The smallest absolute Gasteiger partial charge is 0.161 e. The summed E-state index contributed by atoms with van der Waals surface area (Å²) in [5.74, 6) is 2.41. The summed E-state index contributed by atoms with van der Waals surface area (Å²) in [6.07, 6.45) is 1.19. The van der Waals surface area contributed by atoms with Gasteiger partial charge in [0, 0.05) is 12.1 Å². The Morgan fingerprint density at radius 3 is 2.85 bits per heavy atom. The monoisotopic (exact) mass is 276 g/mol. The van der Waals surface area contributed by atoms with E-state index in [0.29, 0.717) is 31.2 Å². The average Bonchev–Trinajstić information content (AvgIpc) is 2.49. The van der Waals surface area contributed by atoms with Crippen molar-refractivity contribution >= 4 is 0 Å². The van der Waals surface area contributed by atoms with Gasteiger partial charge in [-0.05, 0) is 50.0 Å². The van der Waals surface area contributed by atoms with E-state index in [1.807, 2.05) is 6.07 Å². The van der Waals surface area contributed by atoms with Crippen LogP contribution < -0.4 is 20.1 Å². The molecular weight excluding hydrogens is 252 g/mol. The maximum absolute atomic E-state index is 5.66. The van der Waals surface area contributed by atoms with Crippen molar-refractivity contribution in [2.75, 3.05) is 26.3 Å². The van der Waals surface area contributed by atoms with Gasteiger partial charge < -0.3 is 20.1 Å². The van der Waals surface area contributed by atoms with Crippen LogP contribution in [0.5, 0.6) is 11.5 Å². The molecule has 3 unspecified atom stereocenters. The lowest BCUT2D eigenvalue weighted by Crippen LogP contribution is -2.47. The molecule has 4 nitrogen and oxygen atoms in total. The molecule has 0 radical (unpaired) electrons. The van der Waals surface area contributed by atoms with Crippen molar-refractivity contribution in [3.63, 3.8) is 0 Å². The number of hydrogen-bond donors (Lipinski definition) is 2. The summed E-state index contributed by atoms with van der Waals surface area (Å²) in [5, 5.41) is 7.20. The molecule has 0 aromatic heterocycles. The summed E-state index contributed by atoms with van der Waals surface area (Å²) in [6.45, 7) is 8.03. The third-order valence-electron chi connectivity index (χ3n) is 4.32. The van der Waals surface area contributed by atoms with Crippen LogP contribution in [-0.4, -0.2) is 32.3 Å². The van der Waals surface area contributed by atoms with Crippen molar-refractivity contribution in [1.29, 1.82) is 0 Å². The zero-order chi connectivity index (χ0) is 13.9. The molecule has 0 spiro atoms. The highest BCUT2D eigenvalue weighted by atomic mass is 16.6. The highest BCUT2D eigenvalue weighted by molar-refractivity contribution is 5.44. The van der Waals surface area contributed by atoms with Gasteiger partial charge in [0.2, 0.25) is 0 Å². The van der Waals surface area contributed by atoms with Crippen LogP contribution >= 0.6 is 0 Å². The van der Waals surface area contributed by atoms with Crippen molar-refractivity contribution in [2.24, 2.45) is 5.92 Å². The SMILES string of the molecule is CC(NC1CCNCC1C)c1ccc2c(c1)OCCO2. The van der Waals surface area contributed by atoms with Crippen molar-refractivity contribution in [2.45, 2.75) is 32.4 Å². The zero-order valence-corrected chi connectivity index (χ0v) is 12.3. The van der Waals surface area contributed by atoms with Crippen LogP contribution in [-0.2, 0) is 0 Å². The highest BCUT2D eigenvalue weighted by Gasteiger charge is 2.23. The molecule has 2 N–H and O–H groups in total. The Labute approximate surface area is 120 Å². The Morgan fingerprint density at radius 1 is 1.25 bits per heavy atom. The first-order chi connectivity index (χ1) is 9.74. The van der Waals surface area contributed by atoms with Gasteiger partial charge in [-0.1, -0.05) is 13.0 Å². The van der Waals surface area contributed by atoms with E-state index in [2.05, 4.69) is 36.6 Å². The summed E-state index contributed by atoms with van der Waals surface area (Å²) in [5.41, 5.74) is 1.26. The normalized spacial score (nSPS) is 27.1. The minimum Gasteiger partial charge on any atom is -0.486 e. The third-order valence-corrected chi connectivity index (χ3v) is 4.32. The van der Waals surface area contributed by atoms with Crippen molar-refractivity contribution in [1.82, 2.24) is 10.6 Å². The van der Waals surface area contributed by atoms with Crippen LogP contribution in [0.25, 0.3) is 0 Å². The molecule has 1 aromatic rings. The Hall–Kier alpha value is -1.26. The number of ether oxygens (including phenoxy) is 2. The molecule has 4 heteroatoms. The summed E-state index contributed by atoms with van der Waals surface area (Å²) < 4.78 is 11.2. The lowest BCUT2D eigenvalue weighted by molar-refractivity contribution is 0.171. The van der Waals surface area contributed by atoms with Gasteiger partial charge >= 0.3 is 0 Å². The maximum atomic E-state index is 5.66. The first kappa shape index (κ1) is 13.7. The summed E-state index contributed by atoms with van der Waals surface area (Å²) in [7, 11) is 0. The lowest BCUT2D eigenvalue weighted by atomic mass is 9.93. The standard InChI is InChI=1S/C16H24N2O2/c1-11-10-17-6-5-14(11)18-12(2)13-3-4-15-16(9-13)20-8-7-19-15/h3-4,9,11-12,14,17-18H,5-8,10H2,1-2H3. The van der Waals surface area contributed by atoms with Crippen molar-refractivity contribution in [3.8, 4) is 11.5 Å². The Bertz CT molecular complexity index is 464. The summed E-state index contributed by atoms with van der Waals surface area (Å²) >= 11 is 0. The van der Waals surface area contributed by atoms with Crippen LogP contribution in [0, 0.1) is 5.92 Å². The topological polar surface area (TPSA) is 42.5 Å². The molecule has 0 saturated carbocycles. The molecule has 110 valence electrons. The van der Waals surface area contributed by atoms with Crippen molar-refractivity contribution < 1.29 is 9.47 Å². The fourth-order valence-electron chi connectivity index (χ4n) is 3.01. The number of piperidine rings is 1. The van der Waals surface area contributed by atoms with Gasteiger partial charge in [0.15, 0.2) is 11.5 Å². The average molecular weight is 276 g/mol. The molecule has 3 rings (SSSR count). The van der Waals surface area contributed by atoms with Gasteiger partial charge in [-0.25, -0.2) is 0 Å². The van der Waals surface area contributed by atoms with Gasteiger partial charge in [-0.2, -0.15) is 0 Å². The van der Waals surface area contributed by atoms with E-state index in [1.54, 1.807) is 0 Å². The molecule has 1 saturated heterocycles. The molecule has 1 fully saturated rings. The first-order valence-corrected chi connectivity index (χ1v) is 7.60. The van der Waals surface area contributed by atoms with E-state index in [1.165, 1.54) is 12.0 Å². The van der Waals surface area contributed by atoms with E-state index in [9.17, 15) is 0 Å². The molecule has 0 aliphatic carbocycles. The van der Waals surface area contributed by atoms with Crippen LogP contribution in [0.3, 0.4) is 0 Å². The second-order valence-electron chi connectivity index (χ2n) is 5.87. The Kier molecular flexibility index (Phi) is 4.13. The number of nitrogens with one attached hydrogen (secondary N) is 2. The molecule has 2 heterocycles. The molecule has 1 aromatic carbocycles. The zero-order valence-electron chi connectivity index (χ0n) is 12.3. The summed E-state index contributed by atoms with van der Waals surface area (Å²) in [4.78, 5) is 0. The second kappa shape index (κ2) is 6.02. The van der Waals surface area contributed by atoms with Crippen LogP contribution in [0.2, 0.25) is 0 Å². The Morgan fingerprint density at radius 2 is 2.05 bits per heavy atom. The molecule has 0 bridgehead atoms. The molecule has 0 amide bonds. The van der Waals surface area contributed by atoms with E-state index in [4.69, 9.17) is 9.47 Å². The van der Waals surface area contributed by atoms with Gasteiger partial charge in [-0.15, -0.1) is 0 Å². The molecule has 2 aliphatic rings. The van der Waals surface area contributed by atoms with Crippen molar-refractivity contribution in [3.05, 3.63) is 23.8 Å². The largest absolute Gasteiger partial charge is 0.486 e. The predicted molar refractivity (Wildman–Crippen MR) is 79.4 cm³/mol. The van der Waals surface area contributed by atoms with Crippen LogP contribution in [0.1, 0.15) is 31.9 Å². The predicted octanol–water partition coefficient (Wildman–Crippen LogP) is 2.11. The number of benzene rings is 1. The second-order valence-corrected chi connectivity index (χ2v) is 5.87. The molecule has 20 heavy (non-hydrogen) atoms. The van der Waals surface area contributed by atoms with E-state index in [-0.39, 0.29) is 0 Å². The van der Waals surface area contributed by atoms with Gasteiger partial charge in [-0.3, -0.25) is 0 Å². The third kappa shape index (κ3) is 2.91. The number of fused-ring (bicyclic) bond motifs is 1. The van der Waals surface area contributed by atoms with Gasteiger partial charge in [0.05, 0.1) is 0 Å².